The fraction of sp³-hybridized carbons (Fsp3) is 0.615. The summed E-state index contributed by atoms with van der Waals surface area (Å²) < 4.78 is 5.06. The lowest BCUT2D eigenvalue weighted by atomic mass is 9.86. The van der Waals surface area contributed by atoms with Crippen molar-refractivity contribution < 1.29 is 9.84 Å². The van der Waals surface area contributed by atoms with E-state index in [9.17, 15) is 5.11 Å². The number of hydrogen-bond donors (Lipinski definition) is 1. The van der Waals surface area contributed by atoms with Gasteiger partial charge in [-0.2, -0.15) is 0 Å². The van der Waals surface area contributed by atoms with Crippen LogP contribution in [0.2, 0.25) is 0 Å². The Hall–Kier alpha value is -1.09. The number of rotatable bonds is 4. The Morgan fingerprint density at radius 3 is 2.62 bits per heavy atom. The highest BCUT2D eigenvalue weighted by molar-refractivity contribution is 5.15. The predicted molar refractivity (Wildman–Crippen MR) is 64.6 cm³/mol. The van der Waals surface area contributed by atoms with Crippen LogP contribution < -0.4 is 4.74 Å². The van der Waals surface area contributed by atoms with E-state index in [2.05, 4.69) is 4.98 Å². The van der Waals surface area contributed by atoms with Gasteiger partial charge in [0, 0.05) is 11.8 Å². The first-order chi connectivity index (χ1) is 7.43. The van der Waals surface area contributed by atoms with E-state index >= 15 is 0 Å². The maximum Gasteiger partial charge on any atom is 0.213 e. The van der Waals surface area contributed by atoms with E-state index in [1.165, 1.54) is 0 Å². The first-order valence-electron chi connectivity index (χ1n) is 5.61. The summed E-state index contributed by atoms with van der Waals surface area (Å²) in [7, 11) is 1.61. The lowest BCUT2D eigenvalue weighted by molar-refractivity contribution is 0.0557. The number of aryl methyl sites for hydroxylation is 1. The molecule has 1 unspecified atom stereocenters. The van der Waals surface area contributed by atoms with Gasteiger partial charge in [-0.1, -0.05) is 26.8 Å². The molecule has 3 nitrogen and oxygen atoms in total. The molecule has 0 saturated carbocycles. The average Bonchev–Trinajstić information content (AvgIpc) is 2.25. The van der Waals surface area contributed by atoms with Crippen LogP contribution in [0.25, 0.3) is 0 Å². The molecular weight excluding hydrogens is 202 g/mol. The van der Waals surface area contributed by atoms with Gasteiger partial charge in [0.1, 0.15) is 0 Å². The fourth-order valence-corrected chi connectivity index (χ4v) is 1.43. The molecule has 0 saturated heterocycles. The second kappa shape index (κ2) is 5.30. The summed E-state index contributed by atoms with van der Waals surface area (Å²) in [5, 5.41) is 9.91. The molecule has 1 heterocycles. The summed E-state index contributed by atoms with van der Waals surface area (Å²) in [5.74, 6) is 0.628. The quantitative estimate of drug-likeness (QED) is 0.852. The highest BCUT2D eigenvalue weighted by Crippen LogP contribution is 2.22. The van der Waals surface area contributed by atoms with Crippen LogP contribution in [0.1, 0.15) is 32.9 Å². The van der Waals surface area contributed by atoms with Crippen LogP contribution in [0, 0.1) is 5.41 Å². The molecule has 0 bridgehead atoms. The first kappa shape index (κ1) is 13.0. The summed E-state index contributed by atoms with van der Waals surface area (Å²) in [6.07, 6.45) is 1.19. The van der Waals surface area contributed by atoms with Gasteiger partial charge >= 0.3 is 0 Å². The third-order valence-corrected chi connectivity index (χ3v) is 2.66. The largest absolute Gasteiger partial charge is 0.481 e. The standard InChI is InChI=1S/C13H21NO2/c1-13(2,3)11(15)9-8-10-6-5-7-12(14-10)16-4/h5-7,11,15H,8-9H2,1-4H3. The highest BCUT2D eigenvalue weighted by atomic mass is 16.5. The van der Waals surface area contributed by atoms with E-state index < -0.39 is 0 Å². The van der Waals surface area contributed by atoms with Gasteiger partial charge in [0.2, 0.25) is 5.88 Å². The molecule has 1 N–H and O–H groups in total. The SMILES string of the molecule is COc1cccc(CCC(O)C(C)(C)C)n1. The predicted octanol–water partition coefficient (Wildman–Crippen LogP) is 2.43. The zero-order valence-electron chi connectivity index (χ0n) is 10.5. The number of aliphatic hydroxyl groups excluding tert-OH is 1. The summed E-state index contributed by atoms with van der Waals surface area (Å²) in [4.78, 5) is 4.31. The third-order valence-electron chi connectivity index (χ3n) is 2.66. The highest BCUT2D eigenvalue weighted by Gasteiger charge is 2.21. The van der Waals surface area contributed by atoms with Gasteiger partial charge in [-0.05, 0) is 24.3 Å². The van der Waals surface area contributed by atoms with Gasteiger partial charge in [0.05, 0.1) is 13.2 Å². The average molecular weight is 223 g/mol. The molecular formula is C13H21NO2. The number of ether oxygens (including phenoxy) is 1. The smallest absolute Gasteiger partial charge is 0.213 e. The molecule has 0 fully saturated rings. The Morgan fingerprint density at radius 1 is 1.38 bits per heavy atom. The van der Waals surface area contributed by atoms with Crippen molar-refractivity contribution in [2.45, 2.75) is 39.7 Å². The second-order valence-corrected chi connectivity index (χ2v) is 5.09. The molecule has 16 heavy (non-hydrogen) atoms. The van der Waals surface area contributed by atoms with Gasteiger partial charge in [0.15, 0.2) is 0 Å². The zero-order valence-corrected chi connectivity index (χ0v) is 10.5. The molecule has 1 aromatic heterocycles. The molecule has 90 valence electrons. The maximum absolute atomic E-state index is 9.91. The fourth-order valence-electron chi connectivity index (χ4n) is 1.43. The summed E-state index contributed by atoms with van der Waals surface area (Å²) >= 11 is 0. The van der Waals surface area contributed by atoms with E-state index in [0.29, 0.717) is 5.88 Å². The van der Waals surface area contributed by atoms with Gasteiger partial charge in [0.25, 0.3) is 0 Å². The first-order valence-corrected chi connectivity index (χ1v) is 5.61. The van der Waals surface area contributed by atoms with Crippen LogP contribution in [-0.2, 0) is 6.42 Å². The van der Waals surface area contributed by atoms with E-state index in [-0.39, 0.29) is 11.5 Å². The number of nitrogens with zero attached hydrogens (tertiary/aromatic N) is 1. The molecule has 1 aromatic rings. The van der Waals surface area contributed by atoms with Crippen LogP contribution in [0.15, 0.2) is 18.2 Å². The minimum atomic E-state index is -0.305. The Morgan fingerprint density at radius 2 is 2.06 bits per heavy atom. The van der Waals surface area contributed by atoms with Crippen molar-refractivity contribution in [3.8, 4) is 5.88 Å². The van der Waals surface area contributed by atoms with Crippen molar-refractivity contribution >= 4 is 0 Å². The van der Waals surface area contributed by atoms with Crippen LogP contribution in [-0.4, -0.2) is 23.3 Å². The number of aliphatic hydroxyl groups is 1. The van der Waals surface area contributed by atoms with Crippen LogP contribution in [0.4, 0.5) is 0 Å². The molecule has 0 radical (unpaired) electrons. The van der Waals surface area contributed by atoms with Crippen molar-refractivity contribution in [1.29, 1.82) is 0 Å². The molecule has 0 aliphatic carbocycles. The summed E-state index contributed by atoms with van der Waals surface area (Å²) in [6, 6.07) is 5.70. The van der Waals surface area contributed by atoms with Crippen molar-refractivity contribution in [1.82, 2.24) is 4.98 Å². The minimum Gasteiger partial charge on any atom is -0.481 e. The van der Waals surface area contributed by atoms with E-state index in [1.54, 1.807) is 7.11 Å². The lowest BCUT2D eigenvalue weighted by Crippen LogP contribution is -2.26. The number of methoxy groups -OCH3 is 1. The Bertz CT molecular complexity index is 331. The van der Waals surface area contributed by atoms with Gasteiger partial charge in [-0.3, -0.25) is 0 Å². The van der Waals surface area contributed by atoms with E-state index in [1.807, 2.05) is 39.0 Å². The monoisotopic (exact) mass is 223 g/mol. The van der Waals surface area contributed by atoms with E-state index in [4.69, 9.17) is 4.74 Å². The zero-order chi connectivity index (χ0) is 12.2. The lowest BCUT2D eigenvalue weighted by Gasteiger charge is -2.25. The normalized spacial score (nSPS) is 13.6. The van der Waals surface area contributed by atoms with E-state index in [0.717, 1.165) is 18.5 Å². The summed E-state index contributed by atoms with van der Waals surface area (Å²) in [6.45, 7) is 6.12. The molecule has 1 rings (SSSR count). The Balaban J connectivity index is 2.54. The Labute approximate surface area is 97.5 Å². The number of hydrogen-bond acceptors (Lipinski definition) is 3. The molecule has 0 spiro atoms. The molecule has 0 aliphatic heterocycles. The van der Waals surface area contributed by atoms with Crippen molar-refractivity contribution in [3.63, 3.8) is 0 Å². The number of aromatic nitrogens is 1. The van der Waals surface area contributed by atoms with Crippen molar-refractivity contribution in [2.24, 2.45) is 5.41 Å². The van der Waals surface area contributed by atoms with Gasteiger partial charge < -0.3 is 9.84 Å². The summed E-state index contributed by atoms with van der Waals surface area (Å²) in [5.41, 5.74) is 0.890. The topological polar surface area (TPSA) is 42.4 Å². The second-order valence-electron chi connectivity index (χ2n) is 5.09. The molecule has 0 aliphatic rings. The molecule has 0 amide bonds. The van der Waals surface area contributed by atoms with Gasteiger partial charge in [-0.15, -0.1) is 0 Å². The van der Waals surface area contributed by atoms with Crippen molar-refractivity contribution in [2.75, 3.05) is 7.11 Å². The molecule has 3 heteroatoms. The minimum absolute atomic E-state index is 0.0706. The van der Waals surface area contributed by atoms with Crippen LogP contribution in [0.5, 0.6) is 5.88 Å². The molecule has 1 atom stereocenters. The van der Waals surface area contributed by atoms with Crippen LogP contribution >= 0.6 is 0 Å². The number of pyridine rings is 1. The van der Waals surface area contributed by atoms with Gasteiger partial charge in [-0.25, -0.2) is 4.98 Å². The van der Waals surface area contributed by atoms with Crippen molar-refractivity contribution in [3.05, 3.63) is 23.9 Å². The Kier molecular flexibility index (Phi) is 4.30. The van der Waals surface area contributed by atoms with Crippen LogP contribution in [0.3, 0.4) is 0 Å². The molecule has 0 aromatic carbocycles. The third kappa shape index (κ3) is 3.81. The maximum atomic E-state index is 9.91.